The molecular weight excluding hydrogens is 344 g/mol. The van der Waals surface area contributed by atoms with Crippen molar-refractivity contribution in [3.05, 3.63) is 48.2 Å². The van der Waals surface area contributed by atoms with Crippen molar-refractivity contribution in [2.75, 3.05) is 44.4 Å². The SMILES string of the molecule is Cc1c(NCCN(C)C)ccc2nc(NC(=O)COc3ccccc3)nn12. The lowest BCUT2D eigenvalue weighted by molar-refractivity contribution is -0.118. The predicted octanol–water partition coefficient (Wildman–Crippen LogP) is 2.03. The average Bonchev–Trinajstić information content (AvgIpc) is 3.06. The minimum Gasteiger partial charge on any atom is -0.484 e. The van der Waals surface area contributed by atoms with Crippen molar-refractivity contribution in [3.63, 3.8) is 0 Å². The highest BCUT2D eigenvalue weighted by atomic mass is 16.5. The summed E-state index contributed by atoms with van der Waals surface area (Å²) in [5, 5.41) is 10.4. The second-order valence-corrected chi connectivity index (χ2v) is 6.42. The molecule has 3 rings (SSSR count). The van der Waals surface area contributed by atoms with Crippen molar-refractivity contribution in [2.45, 2.75) is 6.92 Å². The second-order valence-electron chi connectivity index (χ2n) is 6.42. The molecule has 0 bridgehead atoms. The molecule has 1 aromatic carbocycles. The van der Waals surface area contributed by atoms with Gasteiger partial charge in [0, 0.05) is 13.1 Å². The van der Waals surface area contributed by atoms with Crippen LogP contribution in [0.1, 0.15) is 5.69 Å². The van der Waals surface area contributed by atoms with Gasteiger partial charge < -0.3 is 15.0 Å². The highest BCUT2D eigenvalue weighted by Gasteiger charge is 2.11. The molecule has 0 atom stereocenters. The number of nitrogens with zero attached hydrogens (tertiary/aromatic N) is 4. The topological polar surface area (TPSA) is 83.8 Å². The molecule has 0 fully saturated rings. The molecule has 0 aliphatic rings. The van der Waals surface area contributed by atoms with Crippen LogP contribution in [0.4, 0.5) is 11.6 Å². The van der Waals surface area contributed by atoms with E-state index in [9.17, 15) is 4.79 Å². The van der Waals surface area contributed by atoms with Crippen molar-refractivity contribution < 1.29 is 9.53 Å². The van der Waals surface area contributed by atoms with Crippen molar-refractivity contribution in [1.82, 2.24) is 19.5 Å². The van der Waals surface area contributed by atoms with Crippen molar-refractivity contribution >= 4 is 23.2 Å². The molecule has 8 nitrogen and oxygen atoms in total. The Bertz CT molecular complexity index is 907. The number of carbonyl (C=O) groups excluding carboxylic acids is 1. The highest BCUT2D eigenvalue weighted by Crippen LogP contribution is 2.17. The van der Waals surface area contributed by atoms with Gasteiger partial charge in [-0.05, 0) is 45.3 Å². The Balaban J connectivity index is 1.63. The van der Waals surface area contributed by atoms with Gasteiger partial charge in [0.2, 0.25) is 5.95 Å². The summed E-state index contributed by atoms with van der Waals surface area (Å²) in [4.78, 5) is 18.5. The van der Waals surface area contributed by atoms with Gasteiger partial charge in [0.15, 0.2) is 12.3 Å². The molecule has 0 saturated heterocycles. The predicted molar refractivity (Wildman–Crippen MR) is 105 cm³/mol. The lowest BCUT2D eigenvalue weighted by atomic mass is 10.3. The molecule has 0 saturated carbocycles. The van der Waals surface area contributed by atoms with Crippen LogP contribution in [0, 0.1) is 6.92 Å². The lowest BCUT2D eigenvalue weighted by Gasteiger charge is -2.13. The third-order valence-electron chi connectivity index (χ3n) is 3.98. The number of likely N-dealkylation sites (N-methyl/N-ethyl adjacent to an activating group) is 1. The Kier molecular flexibility index (Phi) is 5.87. The quantitative estimate of drug-likeness (QED) is 0.633. The van der Waals surface area contributed by atoms with Gasteiger partial charge in [-0.3, -0.25) is 10.1 Å². The van der Waals surface area contributed by atoms with Gasteiger partial charge in [-0.15, -0.1) is 5.10 Å². The summed E-state index contributed by atoms with van der Waals surface area (Å²) in [6.45, 7) is 3.62. The van der Waals surface area contributed by atoms with Crippen LogP contribution >= 0.6 is 0 Å². The average molecular weight is 368 g/mol. The number of nitrogens with one attached hydrogen (secondary N) is 2. The van der Waals surface area contributed by atoms with Crippen LogP contribution in [-0.4, -0.2) is 59.2 Å². The third-order valence-corrected chi connectivity index (χ3v) is 3.98. The maximum atomic E-state index is 12.1. The summed E-state index contributed by atoms with van der Waals surface area (Å²) in [7, 11) is 4.07. The first-order chi connectivity index (χ1) is 13.0. The number of pyridine rings is 1. The summed E-state index contributed by atoms with van der Waals surface area (Å²) in [6, 6.07) is 13.0. The number of benzene rings is 1. The Morgan fingerprint density at radius 2 is 1.96 bits per heavy atom. The highest BCUT2D eigenvalue weighted by molar-refractivity contribution is 5.90. The minimum absolute atomic E-state index is 0.101. The number of hydrogen-bond donors (Lipinski definition) is 2. The van der Waals surface area contributed by atoms with Crippen molar-refractivity contribution in [3.8, 4) is 5.75 Å². The van der Waals surface area contributed by atoms with E-state index in [-0.39, 0.29) is 18.5 Å². The first kappa shape index (κ1) is 18.7. The monoisotopic (exact) mass is 368 g/mol. The standard InChI is InChI=1S/C19H24N6O2/c1-14-16(20-11-12-24(2)3)9-10-17-21-19(23-25(14)17)22-18(26)13-27-15-7-5-4-6-8-15/h4-10,20H,11-13H2,1-3H3,(H,22,23,26). The van der Waals surface area contributed by atoms with Gasteiger partial charge in [-0.25, -0.2) is 4.52 Å². The van der Waals surface area contributed by atoms with Crippen LogP contribution in [0.3, 0.4) is 0 Å². The molecule has 0 radical (unpaired) electrons. The fourth-order valence-electron chi connectivity index (χ4n) is 2.55. The minimum atomic E-state index is -0.309. The molecule has 0 aliphatic heterocycles. The van der Waals surface area contributed by atoms with Crippen molar-refractivity contribution in [2.24, 2.45) is 0 Å². The molecule has 0 unspecified atom stereocenters. The second kappa shape index (κ2) is 8.50. The maximum absolute atomic E-state index is 12.1. The van der Waals surface area contributed by atoms with E-state index in [1.165, 1.54) is 0 Å². The van der Waals surface area contributed by atoms with E-state index in [1.54, 1.807) is 16.6 Å². The molecule has 2 aromatic heterocycles. The molecule has 0 aliphatic carbocycles. The van der Waals surface area contributed by atoms with Crippen LogP contribution in [-0.2, 0) is 4.79 Å². The fraction of sp³-hybridized carbons (Fsp3) is 0.316. The first-order valence-electron chi connectivity index (χ1n) is 8.75. The fourth-order valence-corrected chi connectivity index (χ4v) is 2.55. The normalized spacial score (nSPS) is 11.0. The molecule has 0 spiro atoms. The Morgan fingerprint density at radius 3 is 2.70 bits per heavy atom. The molecule has 142 valence electrons. The van der Waals surface area contributed by atoms with Crippen LogP contribution in [0.25, 0.3) is 5.65 Å². The van der Waals surface area contributed by atoms with E-state index in [4.69, 9.17) is 4.74 Å². The molecule has 8 heteroatoms. The zero-order valence-electron chi connectivity index (χ0n) is 15.8. The van der Waals surface area contributed by atoms with Crippen LogP contribution in [0.15, 0.2) is 42.5 Å². The lowest BCUT2D eigenvalue weighted by Crippen LogP contribution is -2.21. The van der Waals surface area contributed by atoms with E-state index < -0.39 is 0 Å². The zero-order chi connectivity index (χ0) is 19.2. The smallest absolute Gasteiger partial charge is 0.264 e. The Labute approximate surface area is 158 Å². The maximum Gasteiger partial charge on any atom is 0.264 e. The molecule has 2 heterocycles. The molecule has 2 N–H and O–H groups in total. The first-order valence-corrected chi connectivity index (χ1v) is 8.75. The number of aryl methyl sites for hydroxylation is 1. The summed E-state index contributed by atoms with van der Waals surface area (Å²) < 4.78 is 7.15. The van der Waals surface area contributed by atoms with E-state index in [0.29, 0.717) is 11.4 Å². The number of ether oxygens (including phenoxy) is 1. The number of hydrogen-bond acceptors (Lipinski definition) is 6. The molecule has 27 heavy (non-hydrogen) atoms. The molecular formula is C19H24N6O2. The zero-order valence-corrected chi connectivity index (χ0v) is 15.8. The van der Waals surface area contributed by atoms with Gasteiger partial charge in [-0.2, -0.15) is 4.98 Å². The van der Waals surface area contributed by atoms with Gasteiger partial charge in [0.25, 0.3) is 5.91 Å². The van der Waals surface area contributed by atoms with E-state index >= 15 is 0 Å². The number of fused-ring (bicyclic) bond motifs is 1. The largest absolute Gasteiger partial charge is 0.484 e. The molecule has 3 aromatic rings. The summed E-state index contributed by atoms with van der Waals surface area (Å²) in [6.07, 6.45) is 0. The number of para-hydroxylation sites is 1. The number of carbonyl (C=O) groups is 1. The number of aromatic nitrogens is 3. The number of anilines is 2. The molecule has 1 amide bonds. The van der Waals surface area contributed by atoms with Crippen molar-refractivity contribution in [1.29, 1.82) is 0 Å². The van der Waals surface area contributed by atoms with Crippen LogP contribution in [0.5, 0.6) is 5.75 Å². The van der Waals surface area contributed by atoms with Gasteiger partial charge >= 0.3 is 0 Å². The summed E-state index contributed by atoms with van der Waals surface area (Å²) in [5.41, 5.74) is 2.59. The summed E-state index contributed by atoms with van der Waals surface area (Å²) in [5.74, 6) is 0.585. The van der Waals surface area contributed by atoms with E-state index in [2.05, 4.69) is 25.6 Å². The van der Waals surface area contributed by atoms with Gasteiger partial charge in [0.05, 0.1) is 11.4 Å². The summed E-state index contributed by atoms with van der Waals surface area (Å²) >= 11 is 0. The third kappa shape index (κ3) is 4.95. The van der Waals surface area contributed by atoms with E-state index in [0.717, 1.165) is 24.5 Å². The van der Waals surface area contributed by atoms with Crippen LogP contribution < -0.4 is 15.4 Å². The van der Waals surface area contributed by atoms with Gasteiger partial charge in [0.1, 0.15) is 5.75 Å². The van der Waals surface area contributed by atoms with Crippen LogP contribution in [0.2, 0.25) is 0 Å². The van der Waals surface area contributed by atoms with Gasteiger partial charge in [-0.1, -0.05) is 18.2 Å². The van der Waals surface area contributed by atoms with E-state index in [1.807, 2.05) is 51.4 Å². The number of rotatable bonds is 8. The number of amides is 1. The Hall–Kier alpha value is -3.13. The Morgan fingerprint density at radius 1 is 1.19 bits per heavy atom.